The number of hydrogen-bond acceptors (Lipinski definition) is 1. The average molecular weight is 815 g/mol. The van der Waals surface area contributed by atoms with Crippen molar-refractivity contribution in [2.75, 3.05) is 0 Å². The summed E-state index contributed by atoms with van der Waals surface area (Å²) in [6.07, 6.45) is 0. The van der Waals surface area contributed by atoms with E-state index >= 15 is 0 Å². The van der Waals surface area contributed by atoms with Crippen molar-refractivity contribution in [1.29, 1.82) is 0 Å². The first kappa shape index (κ1) is 37.5. The molecule has 0 fully saturated rings. The van der Waals surface area contributed by atoms with Gasteiger partial charge in [0, 0.05) is 16.7 Å². The van der Waals surface area contributed by atoms with Crippen LogP contribution in [0, 0.1) is 0 Å². The van der Waals surface area contributed by atoms with Gasteiger partial charge >= 0.3 is 0 Å². The van der Waals surface area contributed by atoms with E-state index in [1.165, 1.54) is 82.7 Å². The number of fused-ring (bicyclic) bond motifs is 5. The molecule has 64 heavy (non-hydrogen) atoms. The van der Waals surface area contributed by atoms with Crippen LogP contribution in [0.25, 0.3) is 99.1 Å². The highest BCUT2D eigenvalue weighted by Crippen LogP contribution is 2.38. The van der Waals surface area contributed by atoms with E-state index in [2.05, 4.69) is 237 Å². The molecule has 0 saturated carbocycles. The Morgan fingerprint density at radius 1 is 0.234 bits per heavy atom. The Bertz CT molecular complexity index is 3440. The molecule has 1 nitrogen and oxygen atoms in total. The Morgan fingerprint density at radius 3 is 1.06 bits per heavy atom. The second-order valence-electron chi connectivity index (χ2n) is 16.8. The molecule has 0 aliphatic heterocycles. The first-order valence-electron chi connectivity index (χ1n) is 22.1. The van der Waals surface area contributed by atoms with Crippen LogP contribution >= 0.6 is 0 Å². The number of furan rings is 1. The molecule has 11 aromatic carbocycles. The standard InChI is InChI=1S/C63H42O/c1-3-13-55-47(9-1)11-7-16-57(55)49-29-19-42(20-30-49)44-23-33-51(34-24-44)63(53-37-27-46(28-38-53)54-39-40-60-59-15-5-6-18-61(59)64-62(60)41-54)52-35-25-45(26-36-52)43-21-31-50(32-22-43)58-17-8-12-48-10-2-4-14-56(48)58/h1-41,63H. The third-order valence-electron chi connectivity index (χ3n) is 13.1. The topological polar surface area (TPSA) is 13.1 Å². The van der Waals surface area contributed by atoms with E-state index < -0.39 is 0 Å². The van der Waals surface area contributed by atoms with Crippen molar-refractivity contribution in [1.82, 2.24) is 0 Å². The zero-order chi connectivity index (χ0) is 42.4. The van der Waals surface area contributed by atoms with Crippen LogP contribution in [0.4, 0.5) is 0 Å². The van der Waals surface area contributed by atoms with Gasteiger partial charge in [-0.25, -0.2) is 0 Å². The largest absolute Gasteiger partial charge is 0.456 e. The number of para-hydroxylation sites is 1. The summed E-state index contributed by atoms with van der Waals surface area (Å²) >= 11 is 0. The first-order valence-corrected chi connectivity index (χ1v) is 22.1. The van der Waals surface area contributed by atoms with E-state index in [4.69, 9.17) is 4.42 Å². The molecule has 0 spiro atoms. The monoisotopic (exact) mass is 814 g/mol. The minimum atomic E-state index is 0.0393. The molecule has 0 bridgehead atoms. The van der Waals surface area contributed by atoms with Gasteiger partial charge in [-0.05, 0) is 112 Å². The van der Waals surface area contributed by atoms with Gasteiger partial charge in [0.05, 0.1) is 0 Å². The molecule has 12 rings (SSSR count). The van der Waals surface area contributed by atoms with Crippen molar-refractivity contribution in [3.63, 3.8) is 0 Å². The smallest absolute Gasteiger partial charge is 0.136 e. The molecule has 300 valence electrons. The van der Waals surface area contributed by atoms with Crippen LogP contribution < -0.4 is 0 Å². The van der Waals surface area contributed by atoms with Crippen LogP contribution in [-0.4, -0.2) is 0 Å². The lowest BCUT2D eigenvalue weighted by Gasteiger charge is -2.20. The van der Waals surface area contributed by atoms with E-state index in [9.17, 15) is 0 Å². The SMILES string of the molecule is c1ccc2c(-c3ccc(-c4ccc(C(c5ccc(-c6ccc(-c7cccc8ccccc78)cc6)cc5)c5ccc(-c6ccc7c(c6)oc6ccccc67)cc5)cc4)cc3)cccc2c1. The molecule has 0 aliphatic carbocycles. The van der Waals surface area contributed by atoms with Crippen LogP contribution in [0.15, 0.2) is 253 Å². The van der Waals surface area contributed by atoms with E-state index in [0.29, 0.717) is 0 Å². The molecule has 0 aliphatic rings. The van der Waals surface area contributed by atoms with Crippen molar-refractivity contribution < 1.29 is 4.42 Å². The summed E-state index contributed by atoms with van der Waals surface area (Å²) < 4.78 is 6.26. The molecule has 12 aromatic rings. The normalized spacial score (nSPS) is 11.6. The molecule has 0 unspecified atom stereocenters. The minimum absolute atomic E-state index is 0.0393. The van der Waals surface area contributed by atoms with Crippen LogP contribution in [0.1, 0.15) is 22.6 Å². The highest BCUT2D eigenvalue weighted by atomic mass is 16.3. The lowest BCUT2D eigenvalue weighted by atomic mass is 9.83. The third-order valence-corrected chi connectivity index (χ3v) is 13.1. The number of benzene rings is 11. The molecular weight excluding hydrogens is 773 g/mol. The van der Waals surface area contributed by atoms with Crippen molar-refractivity contribution in [2.45, 2.75) is 5.92 Å². The van der Waals surface area contributed by atoms with E-state index in [0.717, 1.165) is 33.1 Å². The zero-order valence-corrected chi connectivity index (χ0v) is 35.2. The van der Waals surface area contributed by atoms with Crippen molar-refractivity contribution in [3.05, 3.63) is 265 Å². The van der Waals surface area contributed by atoms with E-state index in [1.807, 2.05) is 12.1 Å². The molecule has 1 heterocycles. The second kappa shape index (κ2) is 15.9. The molecule has 0 saturated heterocycles. The summed E-state index contributed by atoms with van der Waals surface area (Å²) in [7, 11) is 0. The lowest BCUT2D eigenvalue weighted by Crippen LogP contribution is -2.03. The second-order valence-corrected chi connectivity index (χ2v) is 16.8. The predicted molar refractivity (Wildman–Crippen MR) is 270 cm³/mol. The first-order chi connectivity index (χ1) is 31.7. The predicted octanol–water partition coefficient (Wildman–Crippen LogP) is 17.4. The lowest BCUT2D eigenvalue weighted by molar-refractivity contribution is 0.669. The van der Waals surface area contributed by atoms with Gasteiger partial charge in [0.25, 0.3) is 0 Å². The molecule has 0 radical (unpaired) electrons. The van der Waals surface area contributed by atoms with Crippen molar-refractivity contribution in [2.24, 2.45) is 0 Å². The van der Waals surface area contributed by atoms with Crippen LogP contribution in [0.5, 0.6) is 0 Å². The van der Waals surface area contributed by atoms with Gasteiger partial charge in [0.2, 0.25) is 0 Å². The molecule has 0 amide bonds. The average Bonchev–Trinajstić information content (AvgIpc) is 3.75. The van der Waals surface area contributed by atoms with Crippen molar-refractivity contribution >= 4 is 43.5 Å². The van der Waals surface area contributed by atoms with E-state index in [1.54, 1.807) is 0 Å². The van der Waals surface area contributed by atoms with Crippen LogP contribution in [-0.2, 0) is 0 Å². The molecular formula is C63H42O. The highest BCUT2D eigenvalue weighted by molar-refractivity contribution is 6.06. The molecule has 0 atom stereocenters. The maximum Gasteiger partial charge on any atom is 0.136 e. The van der Waals surface area contributed by atoms with Gasteiger partial charge < -0.3 is 4.42 Å². The Morgan fingerprint density at radius 2 is 0.578 bits per heavy atom. The maximum atomic E-state index is 6.26. The maximum absolute atomic E-state index is 6.26. The van der Waals surface area contributed by atoms with Crippen molar-refractivity contribution in [3.8, 4) is 55.6 Å². The molecule has 1 aromatic heterocycles. The van der Waals surface area contributed by atoms with Gasteiger partial charge in [-0.1, -0.05) is 231 Å². The van der Waals surface area contributed by atoms with E-state index in [-0.39, 0.29) is 5.92 Å². The summed E-state index contributed by atoms with van der Waals surface area (Å²) in [5, 5.41) is 7.36. The van der Waals surface area contributed by atoms with Gasteiger partial charge in [0.1, 0.15) is 11.2 Å². The molecule has 1 heteroatoms. The zero-order valence-electron chi connectivity index (χ0n) is 35.2. The summed E-state index contributed by atoms with van der Waals surface area (Å²) in [6.45, 7) is 0. The van der Waals surface area contributed by atoms with Gasteiger partial charge in [-0.3, -0.25) is 0 Å². The number of hydrogen-bond donors (Lipinski definition) is 0. The van der Waals surface area contributed by atoms with Crippen LogP contribution in [0.2, 0.25) is 0 Å². The Labute approximate surface area is 373 Å². The minimum Gasteiger partial charge on any atom is -0.456 e. The van der Waals surface area contributed by atoms with Gasteiger partial charge in [-0.15, -0.1) is 0 Å². The fourth-order valence-corrected chi connectivity index (χ4v) is 9.73. The third kappa shape index (κ3) is 6.85. The number of rotatable bonds is 8. The van der Waals surface area contributed by atoms with Crippen LogP contribution in [0.3, 0.4) is 0 Å². The highest BCUT2D eigenvalue weighted by Gasteiger charge is 2.19. The fourth-order valence-electron chi connectivity index (χ4n) is 9.73. The fraction of sp³-hybridized carbons (Fsp3) is 0.0159. The summed E-state index contributed by atoms with van der Waals surface area (Å²) in [5.41, 5.74) is 17.6. The molecule has 0 N–H and O–H groups in total. The Balaban J connectivity index is 0.867. The van der Waals surface area contributed by atoms with Gasteiger partial charge in [0.15, 0.2) is 0 Å². The van der Waals surface area contributed by atoms with Gasteiger partial charge in [-0.2, -0.15) is 0 Å². The summed E-state index contributed by atoms with van der Waals surface area (Å²) in [5.74, 6) is 0.0393. The summed E-state index contributed by atoms with van der Waals surface area (Å²) in [4.78, 5) is 0. The Hall–Kier alpha value is -8.26. The summed E-state index contributed by atoms with van der Waals surface area (Å²) in [6, 6.07) is 90.5. The Kier molecular flexibility index (Phi) is 9.31. The quantitative estimate of drug-likeness (QED) is 0.139.